The van der Waals surface area contributed by atoms with Crippen LogP contribution in [0.15, 0.2) is 6.33 Å². The van der Waals surface area contributed by atoms with Crippen molar-refractivity contribution in [2.75, 3.05) is 13.1 Å². The van der Waals surface area contributed by atoms with Crippen LogP contribution in [0.5, 0.6) is 0 Å². The van der Waals surface area contributed by atoms with Gasteiger partial charge in [0.2, 0.25) is 5.91 Å². The zero-order valence-electron chi connectivity index (χ0n) is 10.8. The zero-order valence-corrected chi connectivity index (χ0v) is 10.8. The number of amides is 1. The van der Waals surface area contributed by atoms with Crippen LogP contribution in [0.2, 0.25) is 0 Å². The molecule has 3 N–H and O–H groups in total. The lowest BCUT2D eigenvalue weighted by atomic mass is 10.0. The summed E-state index contributed by atoms with van der Waals surface area (Å²) in [5, 5.41) is 11.8. The molecule has 0 fully saturated rings. The second-order valence-corrected chi connectivity index (χ2v) is 4.53. The first-order valence-corrected chi connectivity index (χ1v) is 6.37. The minimum Gasteiger partial charge on any atom is -0.481 e. The molecule has 7 heteroatoms. The van der Waals surface area contributed by atoms with Gasteiger partial charge in [0.15, 0.2) is 0 Å². The predicted molar refractivity (Wildman–Crippen MR) is 67.4 cm³/mol. The topological polar surface area (TPSA) is 98.3 Å². The average Bonchev–Trinajstić information content (AvgIpc) is 2.85. The first kappa shape index (κ1) is 13.5. The highest BCUT2D eigenvalue weighted by Crippen LogP contribution is 2.13. The van der Waals surface area contributed by atoms with Crippen molar-refractivity contribution >= 4 is 11.9 Å². The van der Waals surface area contributed by atoms with Gasteiger partial charge in [0.05, 0.1) is 30.2 Å². The number of H-pyrrole nitrogens is 1. The standard InChI is InChI=1S/C12H18N4O3/c1-2-16(4-3-11(17)18)12(19)9-5-8-10(6-13-9)15-7-14-8/h7,9,13H,2-6H2,1H3,(H,14,15)(H,17,18). The van der Waals surface area contributed by atoms with Gasteiger partial charge in [0, 0.05) is 26.1 Å². The maximum Gasteiger partial charge on any atom is 0.305 e. The quantitative estimate of drug-likeness (QED) is 0.682. The zero-order chi connectivity index (χ0) is 13.8. The Morgan fingerprint density at radius 2 is 2.37 bits per heavy atom. The Hall–Kier alpha value is -1.89. The van der Waals surface area contributed by atoms with E-state index in [1.165, 1.54) is 0 Å². The van der Waals surface area contributed by atoms with Gasteiger partial charge >= 0.3 is 5.97 Å². The summed E-state index contributed by atoms with van der Waals surface area (Å²) in [5.74, 6) is -0.949. The maximum absolute atomic E-state index is 12.3. The molecule has 7 nitrogen and oxygen atoms in total. The van der Waals surface area contributed by atoms with E-state index >= 15 is 0 Å². The summed E-state index contributed by atoms with van der Waals surface area (Å²) in [7, 11) is 0. The Labute approximate surface area is 111 Å². The molecular formula is C12H18N4O3. The van der Waals surface area contributed by atoms with Crippen molar-refractivity contribution < 1.29 is 14.7 Å². The molecule has 2 heterocycles. The van der Waals surface area contributed by atoms with E-state index in [4.69, 9.17) is 5.11 Å². The van der Waals surface area contributed by atoms with Gasteiger partial charge in [-0.25, -0.2) is 4.98 Å². The summed E-state index contributed by atoms with van der Waals surface area (Å²) in [6.45, 7) is 3.19. The van der Waals surface area contributed by atoms with E-state index in [1.807, 2.05) is 6.92 Å². The Morgan fingerprint density at radius 3 is 3.05 bits per heavy atom. The smallest absolute Gasteiger partial charge is 0.305 e. The fourth-order valence-electron chi connectivity index (χ4n) is 2.22. The number of carboxylic acids is 1. The molecule has 0 aliphatic carbocycles. The van der Waals surface area contributed by atoms with Crippen LogP contribution in [0.3, 0.4) is 0 Å². The first-order chi connectivity index (χ1) is 9.11. The Bertz CT molecular complexity index is 471. The lowest BCUT2D eigenvalue weighted by molar-refractivity contribution is -0.139. The first-order valence-electron chi connectivity index (χ1n) is 6.37. The Balaban J connectivity index is 1.97. The highest BCUT2D eigenvalue weighted by atomic mass is 16.4. The molecule has 1 aliphatic rings. The third-order valence-corrected chi connectivity index (χ3v) is 3.32. The van der Waals surface area contributed by atoms with Gasteiger partial charge in [-0.15, -0.1) is 0 Å². The van der Waals surface area contributed by atoms with Gasteiger partial charge in [0.1, 0.15) is 0 Å². The molecule has 1 aromatic heterocycles. The number of aromatic amines is 1. The number of carboxylic acid groups (broad SMARTS) is 1. The molecule has 0 bridgehead atoms. The van der Waals surface area contributed by atoms with Gasteiger partial charge in [-0.05, 0) is 6.92 Å². The fraction of sp³-hybridized carbons (Fsp3) is 0.583. The molecule has 104 valence electrons. The summed E-state index contributed by atoms with van der Waals surface area (Å²) in [6.07, 6.45) is 2.14. The predicted octanol–water partition coefficient (Wildman–Crippen LogP) is -0.253. The molecule has 0 saturated heterocycles. The molecular weight excluding hydrogens is 248 g/mol. The maximum atomic E-state index is 12.3. The molecule has 0 spiro atoms. The van der Waals surface area contributed by atoms with E-state index in [2.05, 4.69) is 15.3 Å². The van der Waals surface area contributed by atoms with E-state index in [0.29, 0.717) is 19.5 Å². The molecule has 1 aromatic rings. The minimum atomic E-state index is -0.891. The minimum absolute atomic E-state index is 0.0278. The van der Waals surface area contributed by atoms with Crippen LogP contribution in [-0.4, -0.2) is 51.0 Å². The molecule has 1 amide bonds. The van der Waals surface area contributed by atoms with Gasteiger partial charge < -0.3 is 15.0 Å². The van der Waals surface area contributed by atoms with Gasteiger partial charge in [-0.1, -0.05) is 0 Å². The number of likely N-dealkylation sites (N-methyl/N-ethyl adjacent to an activating group) is 1. The van der Waals surface area contributed by atoms with Crippen LogP contribution < -0.4 is 5.32 Å². The van der Waals surface area contributed by atoms with Crippen molar-refractivity contribution in [3.63, 3.8) is 0 Å². The number of imidazole rings is 1. The number of carbonyl (C=O) groups is 2. The third kappa shape index (κ3) is 3.11. The SMILES string of the molecule is CCN(CCC(=O)O)C(=O)C1Cc2nc[nH]c2CN1. The number of carbonyl (C=O) groups excluding carboxylic acids is 1. The van der Waals surface area contributed by atoms with E-state index in [9.17, 15) is 9.59 Å². The molecule has 19 heavy (non-hydrogen) atoms. The summed E-state index contributed by atoms with van der Waals surface area (Å²) >= 11 is 0. The molecule has 1 atom stereocenters. The second kappa shape index (κ2) is 5.83. The molecule has 1 aliphatic heterocycles. The van der Waals surface area contributed by atoms with Crippen LogP contribution in [0, 0.1) is 0 Å². The summed E-state index contributed by atoms with van der Waals surface area (Å²) in [5.41, 5.74) is 1.92. The van der Waals surface area contributed by atoms with Crippen molar-refractivity contribution in [1.82, 2.24) is 20.2 Å². The number of nitrogens with one attached hydrogen (secondary N) is 2. The number of rotatable bonds is 5. The lowest BCUT2D eigenvalue weighted by Crippen LogP contribution is -2.49. The van der Waals surface area contributed by atoms with E-state index < -0.39 is 5.97 Å². The highest BCUT2D eigenvalue weighted by Gasteiger charge is 2.28. The largest absolute Gasteiger partial charge is 0.481 e. The van der Waals surface area contributed by atoms with E-state index in [-0.39, 0.29) is 24.9 Å². The van der Waals surface area contributed by atoms with Crippen LogP contribution in [0.1, 0.15) is 24.7 Å². The van der Waals surface area contributed by atoms with E-state index in [1.54, 1.807) is 11.2 Å². The van der Waals surface area contributed by atoms with Crippen molar-refractivity contribution in [2.45, 2.75) is 32.4 Å². The van der Waals surface area contributed by atoms with Gasteiger partial charge in [0.25, 0.3) is 0 Å². The number of hydrogen-bond donors (Lipinski definition) is 3. The number of nitrogens with zero attached hydrogens (tertiary/aromatic N) is 2. The fourth-order valence-corrected chi connectivity index (χ4v) is 2.22. The summed E-state index contributed by atoms with van der Waals surface area (Å²) in [6, 6.07) is -0.315. The van der Waals surface area contributed by atoms with Crippen molar-refractivity contribution in [1.29, 1.82) is 0 Å². The number of aromatic nitrogens is 2. The molecule has 2 rings (SSSR count). The van der Waals surface area contributed by atoms with Crippen molar-refractivity contribution in [2.24, 2.45) is 0 Å². The third-order valence-electron chi connectivity index (χ3n) is 3.32. The molecule has 0 radical (unpaired) electrons. The van der Waals surface area contributed by atoms with Gasteiger partial charge in [-0.3, -0.25) is 14.9 Å². The molecule has 1 unspecified atom stereocenters. The lowest BCUT2D eigenvalue weighted by Gasteiger charge is -2.28. The monoisotopic (exact) mass is 266 g/mol. The second-order valence-electron chi connectivity index (χ2n) is 4.53. The number of aliphatic carboxylic acids is 1. The molecule has 0 saturated carbocycles. The van der Waals surface area contributed by atoms with Gasteiger partial charge in [-0.2, -0.15) is 0 Å². The highest BCUT2D eigenvalue weighted by molar-refractivity contribution is 5.83. The van der Waals surface area contributed by atoms with Crippen LogP contribution in [-0.2, 0) is 22.6 Å². The number of hydrogen-bond acceptors (Lipinski definition) is 4. The van der Waals surface area contributed by atoms with Crippen molar-refractivity contribution in [3.8, 4) is 0 Å². The Morgan fingerprint density at radius 1 is 1.58 bits per heavy atom. The normalized spacial score (nSPS) is 17.8. The van der Waals surface area contributed by atoms with Crippen LogP contribution in [0.4, 0.5) is 0 Å². The average molecular weight is 266 g/mol. The summed E-state index contributed by atoms with van der Waals surface area (Å²) in [4.78, 5) is 31.7. The number of fused-ring (bicyclic) bond motifs is 1. The molecule has 0 aromatic carbocycles. The van der Waals surface area contributed by atoms with Crippen LogP contribution in [0.25, 0.3) is 0 Å². The van der Waals surface area contributed by atoms with E-state index in [0.717, 1.165) is 11.4 Å². The Kier molecular flexibility index (Phi) is 4.16. The van der Waals surface area contributed by atoms with Crippen molar-refractivity contribution in [3.05, 3.63) is 17.7 Å². The van der Waals surface area contributed by atoms with Crippen LogP contribution >= 0.6 is 0 Å². The summed E-state index contributed by atoms with van der Waals surface area (Å²) < 4.78 is 0.